The Morgan fingerprint density at radius 2 is 2.19 bits per heavy atom. The van der Waals surface area contributed by atoms with Gasteiger partial charge in [-0.05, 0) is 31.5 Å². The van der Waals surface area contributed by atoms with Crippen LogP contribution >= 0.6 is 12.6 Å². The van der Waals surface area contributed by atoms with E-state index < -0.39 is 6.10 Å². The number of hydrogen-bond donors (Lipinski definition) is 2. The molecular formula is C12H17NO2S. The highest BCUT2D eigenvalue weighted by Gasteiger charge is 2.15. The molecular weight excluding hydrogens is 222 g/mol. The minimum absolute atomic E-state index is 0.0886. The number of aryl methyl sites for hydroxylation is 1. The fourth-order valence-corrected chi connectivity index (χ4v) is 1.73. The molecule has 0 bridgehead atoms. The Bertz CT molecular complexity index is 391. The van der Waals surface area contributed by atoms with Crippen molar-refractivity contribution in [3.05, 3.63) is 29.3 Å². The fraction of sp³-hybridized carbons (Fsp3) is 0.417. The van der Waals surface area contributed by atoms with Gasteiger partial charge in [-0.2, -0.15) is 0 Å². The lowest BCUT2D eigenvalue weighted by atomic mass is 10.1. The van der Waals surface area contributed by atoms with E-state index in [1.807, 2.05) is 19.1 Å². The first kappa shape index (κ1) is 13.1. The Labute approximate surface area is 101 Å². The zero-order valence-corrected chi connectivity index (χ0v) is 10.7. The molecule has 0 aliphatic rings. The van der Waals surface area contributed by atoms with Gasteiger partial charge in [0.25, 0.3) is 5.91 Å². The number of rotatable bonds is 3. The monoisotopic (exact) mass is 239 g/mol. The average molecular weight is 239 g/mol. The summed E-state index contributed by atoms with van der Waals surface area (Å²) in [5, 5.41) is 9.23. The van der Waals surface area contributed by atoms with E-state index >= 15 is 0 Å². The molecule has 0 saturated heterocycles. The maximum atomic E-state index is 12.0. The number of benzene rings is 1. The second-order valence-electron chi connectivity index (χ2n) is 4.03. The number of hydrogen-bond acceptors (Lipinski definition) is 3. The minimum atomic E-state index is -0.520. The van der Waals surface area contributed by atoms with Gasteiger partial charge in [-0.15, -0.1) is 12.6 Å². The molecule has 88 valence electrons. The van der Waals surface area contributed by atoms with Gasteiger partial charge in [0.05, 0.1) is 6.10 Å². The highest BCUT2D eigenvalue weighted by atomic mass is 32.1. The number of amides is 1. The van der Waals surface area contributed by atoms with Crippen LogP contribution in [-0.4, -0.2) is 35.6 Å². The van der Waals surface area contributed by atoms with Crippen LogP contribution in [0.3, 0.4) is 0 Å². The van der Waals surface area contributed by atoms with Gasteiger partial charge >= 0.3 is 0 Å². The molecule has 3 nitrogen and oxygen atoms in total. The second-order valence-corrected chi connectivity index (χ2v) is 4.55. The second kappa shape index (κ2) is 5.37. The van der Waals surface area contributed by atoms with Crippen LogP contribution in [-0.2, 0) is 0 Å². The van der Waals surface area contributed by atoms with Crippen LogP contribution in [0.1, 0.15) is 22.8 Å². The molecule has 0 aromatic heterocycles. The maximum absolute atomic E-state index is 12.0. The van der Waals surface area contributed by atoms with E-state index in [9.17, 15) is 9.90 Å². The van der Waals surface area contributed by atoms with Crippen LogP contribution in [0, 0.1) is 6.92 Å². The fourth-order valence-electron chi connectivity index (χ4n) is 1.53. The zero-order valence-electron chi connectivity index (χ0n) is 9.77. The van der Waals surface area contributed by atoms with Crippen LogP contribution in [0.25, 0.3) is 0 Å². The Kier molecular flexibility index (Phi) is 4.38. The van der Waals surface area contributed by atoms with Gasteiger partial charge < -0.3 is 10.0 Å². The van der Waals surface area contributed by atoms with Gasteiger partial charge in [-0.1, -0.05) is 6.07 Å². The molecule has 1 N–H and O–H groups in total. The van der Waals surface area contributed by atoms with Gasteiger partial charge in [0.1, 0.15) is 0 Å². The highest BCUT2D eigenvalue weighted by molar-refractivity contribution is 7.80. The molecule has 0 aliphatic heterocycles. The van der Waals surface area contributed by atoms with Gasteiger partial charge in [-0.25, -0.2) is 0 Å². The summed E-state index contributed by atoms with van der Waals surface area (Å²) in [7, 11) is 1.68. The molecule has 4 heteroatoms. The molecule has 1 aromatic carbocycles. The summed E-state index contributed by atoms with van der Waals surface area (Å²) in [6.45, 7) is 3.87. The lowest BCUT2D eigenvalue weighted by Gasteiger charge is -2.20. The van der Waals surface area contributed by atoms with Crippen LogP contribution in [0.4, 0.5) is 0 Å². The van der Waals surface area contributed by atoms with E-state index in [-0.39, 0.29) is 5.91 Å². The first-order valence-corrected chi connectivity index (χ1v) is 5.59. The van der Waals surface area contributed by atoms with Crippen molar-refractivity contribution in [1.82, 2.24) is 4.90 Å². The van der Waals surface area contributed by atoms with Crippen molar-refractivity contribution in [2.24, 2.45) is 0 Å². The first-order valence-electron chi connectivity index (χ1n) is 5.15. The van der Waals surface area contributed by atoms with E-state index in [2.05, 4.69) is 12.6 Å². The number of aliphatic hydroxyl groups is 1. The molecule has 0 heterocycles. The summed E-state index contributed by atoms with van der Waals surface area (Å²) in [4.78, 5) is 14.3. The molecule has 0 radical (unpaired) electrons. The number of carbonyl (C=O) groups is 1. The van der Waals surface area contributed by atoms with Crippen molar-refractivity contribution in [3.8, 4) is 0 Å². The van der Waals surface area contributed by atoms with Crippen molar-refractivity contribution in [3.63, 3.8) is 0 Å². The zero-order chi connectivity index (χ0) is 12.3. The summed E-state index contributed by atoms with van der Waals surface area (Å²) < 4.78 is 0. The molecule has 0 fully saturated rings. The average Bonchev–Trinajstić information content (AvgIpc) is 2.19. The third kappa shape index (κ3) is 3.25. The largest absolute Gasteiger partial charge is 0.392 e. The van der Waals surface area contributed by atoms with Gasteiger partial charge in [0.15, 0.2) is 0 Å². The Morgan fingerprint density at radius 1 is 1.56 bits per heavy atom. The van der Waals surface area contributed by atoms with Crippen LogP contribution in [0.5, 0.6) is 0 Å². The Balaban J connectivity index is 2.91. The van der Waals surface area contributed by atoms with Crippen molar-refractivity contribution in [1.29, 1.82) is 0 Å². The van der Waals surface area contributed by atoms with Gasteiger partial charge in [0, 0.05) is 24.1 Å². The van der Waals surface area contributed by atoms with E-state index in [1.54, 1.807) is 20.0 Å². The van der Waals surface area contributed by atoms with Gasteiger partial charge in [0.2, 0.25) is 0 Å². The summed E-state index contributed by atoms with van der Waals surface area (Å²) in [5.74, 6) is -0.0886. The maximum Gasteiger partial charge on any atom is 0.253 e. The smallest absolute Gasteiger partial charge is 0.253 e. The lowest BCUT2D eigenvalue weighted by molar-refractivity contribution is 0.0702. The summed E-state index contributed by atoms with van der Waals surface area (Å²) in [6.07, 6.45) is -0.520. The molecule has 16 heavy (non-hydrogen) atoms. The number of aliphatic hydroxyl groups excluding tert-OH is 1. The lowest BCUT2D eigenvalue weighted by Crippen LogP contribution is -2.33. The molecule has 1 amide bonds. The third-order valence-corrected chi connectivity index (χ3v) is 2.61. The Morgan fingerprint density at radius 3 is 2.75 bits per heavy atom. The van der Waals surface area contributed by atoms with Crippen LogP contribution < -0.4 is 0 Å². The normalized spacial score (nSPS) is 12.3. The first-order chi connectivity index (χ1) is 7.41. The van der Waals surface area contributed by atoms with Crippen molar-refractivity contribution < 1.29 is 9.90 Å². The number of thiol groups is 1. The van der Waals surface area contributed by atoms with Crippen molar-refractivity contribution >= 4 is 18.5 Å². The quantitative estimate of drug-likeness (QED) is 0.789. The predicted molar refractivity (Wildman–Crippen MR) is 67.1 cm³/mol. The van der Waals surface area contributed by atoms with Crippen LogP contribution in [0.15, 0.2) is 23.1 Å². The minimum Gasteiger partial charge on any atom is -0.392 e. The standard InChI is InChI=1S/C12H17NO2S/c1-8-4-5-10(16)6-11(8)12(15)13(3)7-9(2)14/h4-6,9,14,16H,7H2,1-3H3. The number of nitrogens with zero attached hydrogens (tertiary/aromatic N) is 1. The molecule has 1 atom stereocenters. The Hall–Kier alpha value is -1.00. The van der Waals surface area contributed by atoms with E-state index in [1.165, 1.54) is 4.90 Å². The molecule has 0 aliphatic carbocycles. The van der Waals surface area contributed by atoms with E-state index in [0.29, 0.717) is 12.1 Å². The topological polar surface area (TPSA) is 40.5 Å². The van der Waals surface area contributed by atoms with Crippen molar-refractivity contribution in [2.75, 3.05) is 13.6 Å². The summed E-state index contributed by atoms with van der Waals surface area (Å²) in [5.41, 5.74) is 1.55. The molecule has 1 rings (SSSR count). The van der Waals surface area contributed by atoms with E-state index in [0.717, 1.165) is 10.5 Å². The molecule has 1 unspecified atom stereocenters. The molecule has 0 spiro atoms. The van der Waals surface area contributed by atoms with E-state index in [4.69, 9.17) is 0 Å². The predicted octanol–water partition coefficient (Wildman–Crippen LogP) is 1.74. The van der Waals surface area contributed by atoms with Crippen molar-refractivity contribution in [2.45, 2.75) is 24.8 Å². The van der Waals surface area contributed by atoms with Crippen LogP contribution in [0.2, 0.25) is 0 Å². The summed E-state index contributed by atoms with van der Waals surface area (Å²) >= 11 is 4.21. The third-order valence-electron chi connectivity index (χ3n) is 2.34. The molecule has 0 saturated carbocycles. The highest BCUT2D eigenvalue weighted by Crippen LogP contribution is 2.15. The summed E-state index contributed by atoms with van der Waals surface area (Å²) in [6, 6.07) is 5.47. The number of likely N-dealkylation sites (N-methyl/N-ethyl adjacent to an activating group) is 1. The molecule has 1 aromatic rings. The SMILES string of the molecule is Cc1ccc(S)cc1C(=O)N(C)CC(C)O. The number of carbonyl (C=O) groups excluding carboxylic acids is 1. The van der Waals surface area contributed by atoms with Gasteiger partial charge in [-0.3, -0.25) is 4.79 Å².